The predicted octanol–water partition coefficient (Wildman–Crippen LogP) is 3.13. The van der Waals surface area contributed by atoms with Crippen LogP contribution in [0.1, 0.15) is 6.92 Å². The van der Waals surface area contributed by atoms with Gasteiger partial charge >= 0.3 is 0 Å². The lowest BCUT2D eigenvalue weighted by Gasteiger charge is -2.11. The normalized spacial score (nSPS) is 11.6. The first-order valence-electron chi connectivity index (χ1n) is 8.32. The van der Waals surface area contributed by atoms with Gasteiger partial charge in [-0.05, 0) is 24.3 Å². The number of nitrogens with zero attached hydrogens (tertiary/aromatic N) is 4. The monoisotopic (exact) mass is 380 g/mol. The van der Waals surface area contributed by atoms with E-state index in [0.717, 1.165) is 16.6 Å². The van der Waals surface area contributed by atoms with Crippen molar-refractivity contribution in [3.8, 4) is 17.1 Å². The summed E-state index contributed by atoms with van der Waals surface area (Å²) in [5, 5.41) is 1.01. The van der Waals surface area contributed by atoms with E-state index in [4.69, 9.17) is 4.84 Å². The van der Waals surface area contributed by atoms with Crippen LogP contribution in [0.4, 0.5) is 0 Å². The molecule has 3 aromatic heterocycles. The maximum Gasteiger partial charge on any atom is 0.195 e. The number of sulfone groups is 1. The maximum atomic E-state index is 11.9. The predicted molar refractivity (Wildman–Crippen MR) is 101 cm³/mol. The lowest BCUT2D eigenvalue weighted by molar-refractivity contribution is 0.232. The van der Waals surface area contributed by atoms with Crippen molar-refractivity contribution in [2.24, 2.45) is 0 Å². The molecule has 0 atom stereocenters. The second-order valence-electron chi connectivity index (χ2n) is 5.80. The van der Waals surface area contributed by atoms with Gasteiger partial charge < -0.3 is 4.84 Å². The Hall–Kier alpha value is -3.26. The molecule has 8 heteroatoms. The van der Waals surface area contributed by atoms with E-state index in [0.29, 0.717) is 11.4 Å². The molecule has 1 aromatic carbocycles. The third-order valence-corrected chi connectivity index (χ3v) is 5.74. The standard InChI is InChI=1S/C19H16N4O3S/c1-2-27(24,25)19-8-7-15(12-22-19)26-23-17-6-4-3-5-14(17)11-18(23)16-13-20-9-10-21-16/h3-13H,2H2,1H3. The highest BCUT2D eigenvalue weighted by molar-refractivity contribution is 7.91. The number of pyridine rings is 1. The SMILES string of the molecule is CCS(=O)(=O)c1ccc(On2c(-c3cnccn3)cc3ccccc32)cn1. The van der Waals surface area contributed by atoms with Crippen LogP contribution in [0, 0.1) is 0 Å². The Bertz CT molecular complexity index is 1190. The lowest BCUT2D eigenvalue weighted by Crippen LogP contribution is -2.09. The van der Waals surface area contributed by atoms with Gasteiger partial charge in [0, 0.05) is 17.8 Å². The van der Waals surface area contributed by atoms with Gasteiger partial charge in [-0.3, -0.25) is 9.97 Å². The number of hydrogen-bond acceptors (Lipinski definition) is 6. The molecule has 0 saturated heterocycles. The molecule has 0 aliphatic carbocycles. The second-order valence-corrected chi connectivity index (χ2v) is 8.03. The largest absolute Gasteiger partial charge is 0.373 e. The Kier molecular flexibility index (Phi) is 4.33. The first kappa shape index (κ1) is 17.2. The third kappa shape index (κ3) is 3.26. The van der Waals surface area contributed by atoms with Crippen LogP contribution >= 0.6 is 0 Å². The van der Waals surface area contributed by atoms with E-state index >= 15 is 0 Å². The van der Waals surface area contributed by atoms with Gasteiger partial charge in [-0.2, -0.15) is 4.73 Å². The van der Waals surface area contributed by atoms with Crippen molar-refractivity contribution < 1.29 is 13.3 Å². The molecule has 27 heavy (non-hydrogen) atoms. The molecule has 0 amide bonds. The van der Waals surface area contributed by atoms with Crippen LogP contribution in [0.15, 0.2) is 72.3 Å². The molecule has 0 fully saturated rings. The van der Waals surface area contributed by atoms with Crippen molar-refractivity contribution in [3.63, 3.8) is 0 Å². The molecular weight excluding hydrogens is 364 g/mol. The van der Waals surface area contributed by atoms with Crippen LogP contribution in [0.2, 0.25) is 0 Å². The lowest BCUT2D eigenvalue weighted by atomic mass is 10.2. The highest BCUT2D eigenvalue weighted by Gasteiger charge is 2.16. The van der Waals surface area contributed by atoms with Gasteiger partial charge in [0.25, 0.3) is 0 Å². The quantitative estimate of drug-likeness (QED) is 0.529. The molecule has 7 nitrogen and oxygen atoms in total. The van der Waals surface area contributed by atoms with Gasteiger partial charge in [0.1, 0.15) is 11.4 Å². The average Bonchev–Trinajstić information content (AvgIpc) is 3.08. The zero-order chi connectivity index (χ0) is 18.9. The minimum Gasteiger partial charge on any atom is -0.373 e. The number of fused-ring (bicyclic) bond motifs is 1. The van der Waals surface area contributed by atoms with E-state index in [2.05, 4.69) is 15.0 Å². The van der Waals surface area contributed by atoms with Gasteiger partial charge in [0.15, 0.2) is 20.6 Å². The summed E-state index contributed by atoms with van der Waals surface area (Å²) in [5.41, 5.74) is 2.24. The van der Waals surface area contributed by atoms with Crippen LogP contribution in [-0.2, 0) is 9.84 Å². The van der Waals surface area contributed by atoms with Crippen molar-refractivity contribution >= 4 is 20.7 Å². The topological polar surface area (TPSA) is 87.0 Å². The van der Waals surface area contributed by atoms with Crippen LogP contribution in [0.5, 0.6) is 5.75 Å². The summed E-state index contributed by atoms with van der Waals surface area (Å²) in [6.45, 7) is 1.58. The molecule has 0 aliphatic heterocycles. The van der Waals surface area contributed by atoms with Crippen molar-refractivity contribution in [2.45, 2.75) is 11.9 Å². The fourth-order valence-corrected chi connectivity index (χ4v) is 3.48. The molecule has 4 aromatic rings. The maximum absolute atomic E-state index is 11.9. The number of hydrogen-bond donors (Lipinski definition) is 0. The first-order valence-corrected chi connectivity index (χ1v) is 9.98. The number of para-hydroxylation sites is 1. The fraction of sp³-hybridized carbons (Fsp3) is 0.105. The Balaban J connectivity index is 1.78. The first-order chi connectivity index (χ1) is 13.1. The smallest absolute Gasteiger partial charge is 0.195 e. The average molecular weight is 380 g/mol. The van der Waals surface area contributed by atoms with Gasteiger partial charge in [-0.15, -0.1) is 0 Å². The molecular formula is C19H16N4O3S. The summed E-state index contributed by atoms with van der Waals surface area (Å²) in [6.07, 6.45) is 6.28. The Morgan fingerprint density at radius 1 is 1.04 bits per heavy atom. The number of rotatable bonds is 5. The summed E-state index contributed by atoms with van der Waals surface area (Å²) in [7, 11) is -3.35. The summed E-state index contributed by atoms with van der Waals surface area (Å²) in [6, 6.07) is 12.8. The van der Waals surface area contributed by atoms with Crippen LogP contribution in [-0.4, -0.2) is 33.9 Å². The molecule has 0 N–H and O–H groups in total. The van der Waals surface area contributed by atoms with Crippen molar-refractivity contribution in [2.75, 3.05) is 5.75 Å². The van der Waals surface area contributed by atoms with Crippen LogP contribution in [0.25, 0.3) is 22.3 Å². The van der Waals surface area contributed by atoms with Gasteiger partial charge in [-0.25, -0.2) is 13.4 Å². The van der Waals surface area contributed by atoms with E-state index in [9.17, 15) is 8.42 Å². The van der Waals surface area contributed by atoms with E-state index in [1.54, 1.807) is 36.3 Å². The minimum absolute atomic E-state index is 0.000728. The van der Waals surface area contributed by atoms with E-state index < -0.39 is 9.84 Å². The zero-order valence-electron chi connectivity index (χ0n) is 14.5. The summed E-state index contributed by atoms with van der Waals surface area (Å²) in [4.78, 5) is 18.5. The van der Waals surface area contributed by atoms with E-state index in [1.165, 1.54) is 12.3 Å². The van der Waals surface area contributed by atoms with Crippen molar-refractivity contribution in [1.82, 2.24) is 19.7 Å². The van der Waals surface area contributed by atoms with Gasteiger partial charge in [-0.1, -0.05) is 25.1 Å². The second kappa shape index (κ2) is 6.81. The summed E-state index contributed by atoms with van der Waals surface area (Å²) in [5.74, 6) is 0.413. The molecule has 4 rings (SSSR count). The number of aromatic nitrogens is 4. The van der Waals surface area contributed by atoms with E-state index in [-0.39, 0.29) is 10.8 Å². The molecule has 3 heterocycles. The highest BCUT2D eigenvalue weighted by Crippen LogP contribution is 2.27. The van der Waals surface area contributed by atoms with Gasteiger partial charge in [0.05, 0.1) is 23.7 Å². The van der Waals surface area contributed by atoms with E-state index in [1.807, 2.05) is 30.3 Å². The fourth-order valence-electron chi connectivity index (χ4n) is 2.70. The molecule has 0 radical (unpaired) electrons. The van der Waals surface area contributed by atoms with Crippen molar-refractivity contribution in [1.29, 1.82) is 0 Å². The zero-order valence-corrected chi connectivity index (χ0v) is 15.3. The number of benzene rings is 1. The Morgan fingerprint density at radius 2 is 1.89 bits per heavy atom. The molecule has 0 unspecified atom stereocenters. The van der Waals surface area contributed by atoms with Gasteiger partial charge in [0.2, 0.25) is 0 Å². The highest BCUT2D eigenvalue weighted by atomic mass is 32.2. The third-order valence-electron chi connectivity index (χ3n) is 4.10. The minimum atomic E-state index is -3.35. The Morgan fingerprint density at radius 3 is 2.59 bits per heavy atom. The molecule has 0 aliphatic rings. The molecule has 136 valence electrons. The Labute approximate surface area is 156 Å². The van der Waals surface area contributed by atoms with Crippen molar-refractivity contribution in [3.05, 3.63) is 67.3 Å². The molecule has 0 saturated carbocycles. The molecule has 0 bridgehead atoms. The van der Waals surface area contributed by atoms with Crippen LogP contribution < -0.4 is 4.84 Å². The summed E-state index contributed by atoms with van der Waals surface area (Å²) < 4.78 is 25.5. The van der Waals surface area contributed by atoms with Crippen LogP contribution in [0.3, 0.4) is 0 Å². The summed E-state index contributed by atoms with van der Waals surface area (Å²) >= 11 is 0. The molecule has 0 spiro atoms.